The van der Waals surface area contributed by atoms with E-state index in [9.17, 15) is 17.6 Å². The second-order valence-corrected chi connectivity index (χ2v) is 9.87. The second-order valence-electron chi connectivity index (χ2n) is 9.87. The standard InChI is InChI=1S/C27H38F4O/c1-2-3-4-5-6-19-7-9-20(10-8-19)11-12-21-13-15-22(16-14-21)23-17-24(28)26(25(29)18-23)32-27(30)31/h2-3,17-22,27H,4-16H2,1H3/b3-2+. The molecule has 0 spiro atoms. The lowest BCUT2D eigenvalue weighted by Crippen LogP contribution is -2.18. The Morgan fingerprint density at radius 3 is 1.84 bits per heavy atom. The van der Waals surface area contributed by atoms with Gasteiger partial charge in [0, 0.05) is 0 Å². The lowest BCUT2D eigenvalue weighted by molar-refractivity contribution is -0.0546. The normalized spacial score (nSPS) is 26.7. The van der Waals surface area contributed by atoms with Crippen molar-refractivity contribution in [3.8, 4) is 5.75 Å². The highest BCUT2D eigenvalue weighted by Gasteiger charge is 2.27. The zero-order chi connectivity index (χ0) is 22.9. The average molecular weight is 455 g/mol. The Bertz CT molecular complexity index is 693. The molecule has 0 radical (unpaired) electrons. The van der Waals surface area contributed by atoms with Gasteiger partial charge in [-0.1, -0.05) is 57.1 Å². The van der Waals surface area contributed by atoms with Gasteiger partial charge in [-0.15, -0.1) is 0 Å². The molecule has 2 aliphatic rings. The summed E-state index contributed by atoms with van der Waals surface area (Å²) in [4.78, 5) is 0. The Labute approximate surface area is 190 Å². The van der Waals surface area contributed by atoms with Crippen LogP contribution >= 0.6 is 0 Å². The van der Waals surface area contributed by atoms with E-state index in [2.05, 4.69) is 23.8 Å². The summed E-state index contributed by atoms with van der Waals surface area (Å²) in [6.07, 6.45) is 20.3. The Hall–Kier alpha value is -1.52. The van der Waals surface area contributed by atoms with Gasteiger partial charge >= 0.3 is 6.61 Å². The highest BCUT2D eigenvalue weighted by atomic mass is 19.3. The number of hydrogen-bond donors (Lipinski definition) is 0. The topological polar surface area (TPSA) is 9.23 Å². The van der Waals surface area contributed by atoms with Gasteiger partial charge in [0.2, 0.25) is 0 Å². The van der Waals surface area contributed by atoms with Crippen LogP contribution in [0.15, 0.2) is 24.3 Å². The number of hydrogen-bond acceptors (Lipinski definition) is 1. The second kappa shape index (κ2) is 12.6. The molecule has 0 amide bonds. The molecule has 180 valence electrons. The minimum Gasteiger partial charge on any atom is -0.429 e. The van der Waals surface area contributed by atoms with Crippen molar-refractivity contribution < 1.29 is 22.3 Å². The summed E-state index contributed by atoms with van der Waals surface area (Å²) in [6, 6.07) is 2.34. The molecule has 1 nitrogen and oxygen atoms in total. The minimum atomic E-state index is -3.24. The molecule has 0 bridgehead atoms. The summed E-state index contributed by atoms with van der Waals surface area (Å²) in [7, 11) is 0. The van der Waals surface area contributed by atoms with Gasteiger partial charge in [-0.3, -0.25) is 0 Å². The predicted octanol–water partition coefficient (Wildman–Crippen LogP) is 9.17. The number of benzene rings is 1. The smallest absolute Gasteiger partial charge is 0.387 e. The van der Waals surface area contributed by atoms with Gasteiger partial charge < -0.3 is 4.74 Å². The lowest BCUT2D eigenvalue weighted by atomic mass is 9.74. The van der Waals surface area contributed by atoms with Gasteiger partial charge in [0.25, 0.3) is 0 Å². The largest absolute Gasteiger partial charge is 0.429 e. The molecule has 3 rings (SSSR count). The zero-order valence-corrected chi connectivity index (χ0v) is 19.3. The number of rotatable bonds is 10. The lowest BCUT2D eigenvalue weighted by Gasteiger charge is -2.32. The highest BCUT2D eigenvalue weighted by Crippen LogP contribution is 2.41. The third-order valence-electron chi connectivity index (χ3n) is 7.71. The molecule has 2 fully saturated rings. The maximum Gasteiger partial charge on any atom is 0.387 e. The van der Waals surface area contributed by atoms with E-state index in [-0.39, 0.29) is 5.92 Å². The van der Waals surface area contributed by atoms with Gasteiger partial charge in [0.1, 0.15) is 0 Å². The summed E-state index contributed by atoms with van der Waals surface area (Å²) in [5, 5.41) is 0. The third kappa shape index (κ3) is 7.52. The van der Waals surface area contributed by atoms with Crippen LogP contribution in [0.1, 0.15) is 102 Å². The van der Waals surface area contributed by atoms with Gasteiger partial charge in [-0.2, -0.15) is 8.78 Å². The molecule has 0 atom stereocenters. The Morgan fingerprint density at radius 2 is 1.34 bits per heavy atom. The molecule has 0 N–H and O–H groups in total. The fourth-order valence-corrected chi connectivity index (χ4v) is 5.77. The van der Waals surface area contributed by atoms with Crippen LogP contribution in [0.4, 0.5) is 17.6 Å². The first-order valence-corrected chi connectivity index (χ1v) is 12.5. The number of ether oxygens (including phenoxy) is 1. The number of allylic oxidation sites excluding steroid dienone is 2. The maximum absolute atomic E-state index is 14.1. The van der Waals surface area contributed by atoms with E-state index >= 15 is 0 Å². The summed E-state index contributed by atoms with van der Waals surface area (Å²) >= 11 is 0. The molecule has 32 heavy (non-hydrogen) atoms. The van der Waals surface area contributed by atoms with Crippen LogP contribution in [0, 0.1) is 29.4 Å². The van der Waals surface area contributed by atoms with Gasteiger partial charge in [0.05, 0.1) is 0 Å². The number of unbranched alkanes of at least 4 members (excludes halogenated alkanes) is 1. The number of halogens is 4. The predicted molar refractivity (Wildman–Crippen MR) is 121 cm³/mol. The van der Waals surface area contributed by atoms with E-state index in [0.717, 1.165) is 37.5 Å². The van der Waals surface area contributed by atoms with Gasteiger partial charge in [-0.05, 0) is 86.8 Å². The van der Waals surface area contributed by atoms with Crippen molar-refractivity contribution >= 4 is 0 Å². The molecule has 2 aliphatic carbocycles. The molecule has 5 heteroatoms. The SMILES string of the molecule is C/C=C/CCCC1CCC(CCC2CCC(c3cc(F)c(OC(F)F)c(F)c3)CC2)CC1. The Kier molecular flexibility index (Phi) is 9.92. The monoisotopic (exact) mass is 454 g/mol. The quantitative estimate of drug-likeness (QED) is 0.194. The van der Waals surface area contributed by atoms with Crippen LogP contribution < -0.4 is 4.74 Å². The Balaban J connectivity index is 1.37. The van der Waals surface area contributed by atoms with Gasteiger partial charge in [-0.25, -0.2) is 8.78 Å². The summed E-state index contributed by atoms with van der Waals surface area (Å²) < 4.78 is 56.7. The fourth-order valence-electron chi connectivity index (χ4n) is 5.77. The first-order valence-electron chi connectivity index (χ1n) is 12.5. The molecular weight excluding hydrogens is 416 g/mol. The molecule has 0 aliphatic heterocycles. The fraction of sp³-hybridized carbons (Fsp3) is 0.704. The average Bonchev–Trinajstić information content (AvgIpc) is 2.78. The third-order valence-corrected chi connectivity index (χ3v) is 7.71. The van der Waals surface area contributed by atoms with Crippen LogP contribution in [0.2, 0.25) is 0 Å². The molecule has 2 saturated carbocycles. The molecule has 0 heterocycles. The van der Waals surface area contributed by atoms with Crippen LogP contribution in [-0.2, 0) is 0 Å². The molecule has 1 aromatic carbocycles. The maximum atomic E-state index is 14.1. The highest BCUT2D eigenvalue weighted by molar-refractivity contribution is 5.33. The van der Waals surface area contributed by atoms with E-state index in [1.165, 1.54) is 69.9 Å². The van der Waals surface area contributed by atoms with Crippen molar-refractivity contribution in [3.63, 3.8) is 0 Å². The van der Waals surface area contributed by atoms with Crippen molar-refractivity contribution in [3.05, 3.63) is 41.5 Å². The van der Waals surface area contributed by atoms with E-state index in [0.29, 0.717) is 11.5 Å². The van der Waals surface area contributed by atoms with Crippen molar-refractivity contribution in [2.75, 3.05) is 0 Å². The van der Waals surface area contributed by atoms with Crippen molar-refractivity contribution in [2.24, 2.45) is 17.8 Å². The van der Waals surface area contributed by atoms with Crippen molar-refractivity contribution in [2.45, 2.75) is 103 Å². The zero-order valence-electron chi connectivity index (χ0n) is 19.3. The van der Waals surface area contributed by atoms with E-state index in [1.807, 2.05) is 0 Å². The minimum absolute atomic E-state index is 0.0915. The van der Waals surface area contributed by atoms with Gasteiger partial charge in [0.15, 0.2) is 17.4 Å². The van der Waals surface area contributed by atoms with Crippen molar-refractivity contribution in [1.82, 2.24) is 0 Å². The molecule has 1 aromatic rings. The first-order chi connectivity index (χ1) is 15.5. The Morgan fingerprint density at radius 1 is 0.844 bits per heavy atom. The van der Waals surface area contributed by atoms with Crippen LogP contribution in [0.25, 0.3) is 0 Å². The number of alkyl halides is 2. The summed E-state index contributed by atoms with van der Waals surface area (Å²) in [6.45, 7) is -1.15. The molecule has 0 saturated heterocycles. The molecular formula is C27H38F4O. The van der Waals surface area contributed by atoms with Crippen LogP contribution in [0.5, 0.6) is 5.75 Å². The van der Waals surface area contributed by atoms with Crippen LogP contribution in [-0.4, -0.2) is 6.61 Å². The van der Waals surface area contributed by atoms with Crippen molar-refractivity contribution in [1.29, 1.82) is 0 Å². The van der Waals surface area contributed by atoms with Crippen LogP contribution in [0.3, 0.4) is 0 Å². The summed E-state index contributed by atoms with van der Waals surface area (Å²) in [5.74, 6) is -0.491. The summed E-state index contributed by atoms with van der Waals surface area (Å²) in [5.41, 5.74) is 0.563. The molecule has 0 aromatic heterocycles. The molecule has 0 unspecified atom stereocenters. The van der Waals surface area contributed by atoms with E-state index in [1.54, 1.807) is 0 Å². The first kappa shape index (κ1) is 25.1. The van der Waals surface area contributed by atoms with E-state index < -0.39 is 24.0 Å². The van der Waals surface area contributed by atoms with E-state index in [4.69, 9.17) is 0 Å².